The van der Waals surface area contributed by atoms with Crippen molar-refractivity contribution in [3.05, 3.63) is 216 Å². The molecule has 0 atom stereocenters. The molecule has 2 aliphatic carbocycles. The molecule has 254 valence electrons. The standard InChI is InChI=1S/C53H32N2/c1-2-17-33(18-3-1)51-42-26-11-15-32-47(42)54-52(55-51)49-39-24-6-4-22-37(39)48(38-23-5-7-25-40(38)49)43-28-16-27-41-36-21-10-14-31-46(36)53(50(41)43)44-29-12-8-19-34(44)35-20-9-13-30-45(35)53/h1-32H. The number of hydrogen-bond acceptors (Lipinski definition) is 2. The van der Waals surface area contributed by atoms with Crippen LogP contribution < -0.4 is 0 Å². The fourth-order valence-corrected chi connectivity index (χ4v) is 10.0. The third-order valence-electron chi connectivity index (χ3n) is 12.1. The van der Waals surface area contributed by atoms with E-state index in [0.717, 1.165) is 44.3 Å². The summed E-state index contributed by atoms with van der Waals surface area (Å²) in [7, 11) is 0. The molecule has 1 spiro atoms. The summed E-state index contributed by atoms with van der Waals surface area (Å²) in [5.41, 5.74) is 16.6. The predicted molar refractivity (Wildman–Crippen MR) is 227 cm³/mol. The Morgan fingerprint density at radius 1 is 0.309 bits per heavy atom. The fraction of sp³-hybridized carbons (Fsp3) is 0.0189. The van der Waals surface area contributed by atoms with Crippen LogP contribution in [0.1, 0.15) is 22.3 Å². The number of para-hydroxylation sites is 1. The van der Waals surface area contributed by atoms with Crippen molar-refractivity contribution >= 4 is 32.4 Å². The fourth-order valence-electron chi connectivity index (χ4n) is 10.0. The van der Waals surface area contributed by atoms with Crippen LogP contribution in [0.15, 0.2) is 194 Å². The number of nitrogens with zero attached hydrogens (tertiary/aromatic N) is 2. The molecular weight excluding hydrogens is 665 g/mol. The Labute approximate surface area is 319 Å². The highest BCUT2D eigenvalue weighted by atomic mass is 14.9. The number of fused-ring (bicyclic) bond motifs is 13. The van der Waals surface area contributed by atoms with E-state index in [0.29, 0.717) is 0 Å². The lowest BCUT2D eigenvalue weighted by molar-refractivity contribution is 0.796. The smallest absolute Gasteiger partial charge is 0.161 e. The summed E-state index contributed by atoms with van der Waals surface area (Å²) < 4.78 is 0. The van der Waals surface area contributed by atoms with Gasteiger partial charge in [0.15, 0.2) is 5.82 Å². The van der Waals surface area contributed by atoms with Gasteiger partial charge in [-0.1, -0.05) is 188 Å². The van der Waals surface area contributed by atoms with Gasteiger partial charge < -0.3 is 0 Å². The second-order valence-corrected chi connectivity index (χ2v) is 14.7. The van der Waals surface area contributed by atoms with E-state index < -0.39 is 5.41 Å². The van der Waals surface area contributed by atoms with E-state index in [4.69, 9.17) is 9.97 Å². The normalized spacial score (nSPS) is 13.2. The number of benzene rings is 9. The van der Waals surface area contributed by atoms with E-state index in [1.165, 1.54) is 66.4 Å². The highest BCUT2D eigenvalue weighted by molar-refractivity contribution is 6.22. The highest BCUT2D eigenvalue weighted by Crippen LogP contribution is 2.65. The van der Waals surface area contributed by atoms with Gasteiger partial charge in [-0.3, -0.25) is 0 Å². The van der Waals surface area contributed by atoms with Crippen molar-refractivity contribution in [1.29, 1.82) is 0 Å². The second kappa shape index (κ2) is 11.4. The summed E-state index contributed by atoms with van der Waals surface area (Å²) in [5, 5.41) is 5.70. The average molecular weight is 697 g/mol. The van der Waals surface area contributed by atoms with E-state index in [-0.39, 0.29) is 0 Å². The van der Waals surface area contributed by atoms with Crippen LogP contribution in [0.2, 0.25) is 0 Å². The maximum absolute atomic E-state index is 5.43. The molecule has 0 fully saturated rings. The highest BCUT2D eigenvalue weighted by Gasteiger charge is 2.52. The minimum absolute atomic E-state index is 0.470. The summed E-state index contributed by atoms with van der Waals surface area (Å²) in [6.45, 7) is 0. The Morgan fingerprint density at radius 3 is 1.35 bits per heavy atom. The van der Waals surface area contributed by atoms with Gasteiger partial charge in [0.25, 0.3) is 0 Å². The van der Waals surface area contributed by atoms with Gasteiger partial charge in [0.1, 0.15) is 0 Å². The summed E-state index contributed by atoms with van der Waals surface area (Å²) in [4.78, 5) is 10.7. The predicted octanol–water partition coefficient (Wildman–Crippen LogP) is 13.3. The number of aromatic nitrogens is 2. The summed E-state index contributed by atoms with van der Waals surface area (Å²) in [6.07, 6.45) is 0. The average Bonchev–Trinajstić information content (AvgIpc) is 3.73. The van der Waals surface area contributed by atoms with Crippen molar-refractivity contribution in [1.82, 2.24) is 9.97 Å². The topological polar surface area (TPSA) is 25.8 Å². The first-order chi connectivity index (χ1) is 27.3. The van der Waals surface area contributed by atoms with Crippen molar-refractivity contribution in [2.75, 3.05) is 0 Å². The molecule has 0 radical (unpaired) electrons. The van der Waals surface area contributed by atoms with Crippen LogP contribution in [0.3, 0.4) is 0 Å². The first-order valence-corrected chi connectivity index (χ1v) is 19.0. The lowest BCUT2D eigenvalue weighted by Crippen LogP contribution is -2.26. The van der Waals surface area contributed by atoms with Gasteiger partial charge in [0.05, 0.1) is 16.6 Å². The zero-order valence-electron chi connectivity index (χ0n) is 29.9. The second-order valence-electron chi connectivity index (χ2n) is 14.7. The Kier molecular flexibility index (Phi) is 6.29. The SMILES string of the molecule is c1ccc(-c2nc(-c3c4ccccc4c(-c4cccc5c4C4(c6ccccc6-c6ccccc64)c4ccccc4-5)c4ccccc34)nc3ccccc23)cc1. The molecule has 9 aromatic carbocycles. The maximum Gasteiger partial charge on any atom is 0.161 e. The van der Waals surface area contributed by atoms with Crippen LogP contribution in [0.25, 0.3) is 88.5 Å². The van der Waals surface area contributed by atoms with Gasteiger partial charge in [0, 0.05) is 16.5 Å². The van der Waals surface area contributed by atoms with Crippen LogP contribution in [0, 0.1) is 0 Å². The van der Waals surface area contributed by atoms with Crippen LogP contribution in [0.5, 0.6) is 0 Å². The van der Waals surface area contributed by atoms with Crippen molar-refractivity contribution in [2.24, 2.45) is 0 Å². The monoisotopic (exact) mass is 696 g/mol. The largest absolute Gasteiger partial charge is 0.228 e. The molecule has 2 heteroatoms. The zero-order valence-corrected chi connectivity index (χ0v) is 29.9. The lowest BCUT2D eigenvalue weighted by atomic mass is 9.68. The van der Waals surface area contributed by atoms with Crippen molar-refractivity contribution in [3.63, 3.8) is 0 Å². The van der Waals surface area contributed by atoms with Gasteiger partial charge in [-0.05, 0) is 83.2 Å². The van der Waals surface area contributed by atoms with E-state index in [1.54, 1.807) is 0 Å². The van der Waals surface area contributed by atoms with Gasteiger partial charge in [-0.25, -0.2) is 9.97 Å². The summed E-state index contributed by atoms with van der Waals surface area (Å²) in [6, 6.07) is 70.8. The molecule has 1 heterocycles. The molecule has 0 unspecified atom stereocenters. The minimum Gasteiger partial charge on any atom is -0.228 e. The number of rotatable bonds is 3. The molecular formula is C53H32N2. The summed E-state index contributed by atoms with van der Waals surface area (Å²) in [5.74, 6) is 0.734. The van der Waals surface area contributed by atoms with Gasteiger partial charge in [-0.15, -0.1) is 0 Å². The molecule has 1 aromatic heterocycles. The summed E-state index contributed by atoms with van der Waals surface area (Å²) >= 11 is 0. The van der Waals surface area contributed by atoms with Gasteiger partial charge in [-0.2, -0.15) is 0 Å². The van der Waals surface area contributed by atoms with E-state index in [9.17, 15) is 0 Å². The molecule has 2 nitrogen and oxygen atoms in total. The molecule has 10 aromatic rings. The molecule has 0 amide bonds. The van der Waals surface area contributed by atoms with Crippen LogP contribution in [-0.4, -0.2) is 9.97 Å². The van der Waals surface area contributed by atoms with Gasteiger partial charge >= 0.3 is 0 Å². The molecule has 0 aliphatic heterocycles. The third-order valence-corrected chi connectivity index (χ3v) is 12.1. The van der Waals surface area contributed by atoms with E-state index in [2.05, 4.69) is 194 Å². The quantitative estimate of drug-likeness (QED) is 0.172. The van der Waals surface area contributed by atoms with E-state index >= 15 is 0 Å². The molecule has 55 heavy (non-hydrogen) atoms. The lowest BCUT2D eigenvalue weighted by Gasteiger charge is -2.32. The Bertz CT molecular complexity index is 3090. The third kappa shape index (κ3) is 4.03. The first-order valence-electron chi connectivity index (χ1n) is 19.0. The van der Waals surface area contributed by atoms with Gasteiger partial charge in [0.2, 0.25) is 0 Å². The van der Waals surface area contributed by atoms with Crippen LogP contribution in [-0.2, 0) is 5.41 Å². The van der Waals surface area contributed by atoms with Crippen molar-refractivity contribution in [3.8, 4) is 56.0 Å². The molecule has 0 N–H and O–H groups in total. The first kappa shape index (κ1) is 30.3. The minimum atomic E-state index is -0.470. The Balaban J connectivity index is 1.22. The molecule has 12 rings (SSSR count). The zero-order chi connectivity index (χ0) is 36.1. The van der Waals surface area contributed by atoms with E-state index in [1.807, 2.05) is 0 Å². The molecule has 0 saturated carbocycles. The Morgan fingerprint density at radius 2 is 0.745 bits per heavy atom. The van der Waals surface area contributed by atoms with Crippen LogP contribution >= 0.6 is 0 Å². The van der Waals surface area contributed by atoms with Crippen LogP contribution in [0.4, 0.5) is 0 Å². The van der Waals surface area contributed by atoms with Crippen molar-refractivity contribution in [2.45, 2.75) is 5.41 Å². The molecule has 2 aliphatic rings. The number of hydrogen-bond donors (Lipinski definition) is 0. The Hall–Kier alpha value is -7.16. The van der Waals surface area contributed by atoms with Crippen molar-refractivity contribution < 1.29 is 0 Å². The maximum atomic E-state index is 5.43. The molecule has 0 saturated heterocycles. The molecule has 0 bridgehead atoms.